The summed E-state index contributed by atoms with van der Waals surface area (Å²) in [7, 11) is 0. The van der Waals surface area contributed by atoms with Gasteiger partial charge < -0.3 is 10.2 Å². The number of carbonyl (C=O) groups excluding carboxylic acids is 3. The Hall–Kier alpha value is -2.95. The molecule has 0 fully saturated rings. The van der Waals surface area contributed by atoms with Crippen LogP contribution in [0.15, 0.2) is 54.6 Å². The number of hydrogen-bond acceptors (Lipinski definition) is 3. The fourth-order valence-corrected chi connectivity index (χ4v) is 2.59. The molecule has 0 aliphatic rings. The predicted octanol–water partition coefficient (Wildman–Crippen LogP) is 3.91. The third kappa shape index (κ3) is 4.17. The first-order valence-electron chi connectivity index (χ1n) is 8.56. The highest BCUT2D eigenvalue weighted by molar-refractivity contribution is 6.15. The van der Waals surface area contributed by atoms with Crippen molar-refractivity contribution in [3.8, 4) is 0 Å². The molecule has 0 radical (unpaired) electrons. The summed E-state index contributed by atoms with van der Waals surface area (Å²) in [6, 6.07) is 15.9. The molecule has 0 aromatic heterocycles. The molecule has 0 saturated heterocycles. The van der Waals surface area contributed by atoms with E-state index in [0.717, 1.165) is 5.69 Å². The lowest BCUT2D eigenvalue weighted by Crippen LogP contribution is -2.47. The largest absolute Gasteiger partial charge is 0.325 e. The quantitative estimate of drug-likeness (QED) is 0.633. The SMILES string of the molecule is CCN(C(=O)C(C)(C)C(=O)Nc1cccc(C(C)=O)c1)c1ccccc1. The van der Waals surface area contributed by atoms with Crippen LogP contribution < -0.4 is 10.2 Å². The Labute approximate surface area is 154 Å². The van der Waals surface area contributed by atoms with Crippen molar-refractivity contribution in [3.05, 3.63) is 60.2 Å². The zero-order valence-corrected chi connectivity index (χ0v) is 15.6. The number of Topliss-reactive ketones (excluding diaryl/α,β-unsaturated/α-hetero) is 1. The highest BCUT2D eigenvalue weighted by atomic mass is 16.2. The van der Waals surface area contributed by atoms with E-state index in [2.05, 4.69) is 5.32 Å². The number of hydrogen-bond donors (Lipinski definition) is 1. The predicted molar refractivity (Wildman–Crippen MR) is 103 cm³/mol. The second-order valence-electron chi connectivity index (χ2n) is 6.60. The molecule has 2 rings (SSSR count). The number of nitrogens with zero attached hydrogens (tertiary/aromatic N) is 1. The lowest BCUT2D eigenvalue weighted by atomic mass is 9.89. The first kappa shape index (κ1) is 19.4. The number of carbonyl (C=O) groups is 3. The van der Waals surface area contributed by atoms with Crippen LogP contribution in [0.4, 0.5) is 11.4 Å². The van der Waals surface area contributed by atoms with Crippen molar-refractivity contribution in [2.24, 2.45) is 5.41 Å². The van der Waals surface area contributed by atoms with Gasteiger partial charge in [0.05, 0.1) is 0 Å². The Morgan fingerprint density at radius 3 is 2.23 bits per heavy atom. The van der Waals surface area contributed by atoms with Crippen molar-refractivity contribution in [2.75, 3.05) is 16.8 Å². The Morgan fingerprint density at radius 2 is 1.65 bits per heavy atom. The number of amides is 2. The zero-order chi connectivity index (χ0) is 19.3. The minimum atomic E-state index is -1.27. The van der Waals surface area contributed by atoms with Crippen molar-refractivity contribution >= 4 is 29.0 Å². The van der Waals surface area contributed by atoms with Crippen LogP contribution in [-0.4, -0.2) is 24.1 Å². The fraction of sp³-hybridized carbons (Fsp3) is 0.286. The van der Waals surface area contributed by atoms with E-state index in [1.807, 2.05) is 37.3 Å². The van der Waals surface area contributed by atoms with Gasteiger partial charge in [-0.05, 0) is 52.0 Å². The third-order valence-corrected chi connectivity index (χ3v) is 4.26. The Bertz CT molecular complexity index is 813. The van der Waals surface area contributed by atoms with Crippen LogP contribution in [-0.2, 0) is 9.59 Å². The van der Waals surface area contributed by atoms with Gasteiger partial charge in [-0.15, -0.1) is 0 Å². The number of rotatable bonds is 6. The van der Waals surface area contributed by atoms with Crippen molar-refractivity contribution in [3.63, 3.8) is 0 Å². The van der Waals surface area contributed by atoms with Gasteiger partial charge in [0.2, 0.25) is 11.8 Å². The standard InChI is InChI=1S/C21H24N2O3/c1-5-23(18-12-7-6-8-13-18)20(26)21(3,4)19(25)22-17-11-9-10-16(14-17)15(2)24/h6-14H,5H2,1-4H3,(H,22,25). The van der Waals surface area contributed by atoms with Crippen LogP contribution >= 0.6 is 0 Å². The summed E-state index contributed by atoms with van der Waals surface area (Å²) in [5.74, 6) is -0.790. The summed E-state index contributed by atoms with van der Waals surface area (Å²) < 4.78 is 0. The molecule has 0 aliphatic heterocycles. The molecular formula is C21H24N2O3. The molecule has 136 valence electrons. The second kappa shape index (κ2) is 7.95. The van der Waals surface area contributed by atoms with E-state index in [0.29, 0.717) is 17.8 Å². The summed E-state index contributed by atoms with van der Waals surface area (Å²) in [6.45, 7) is 7.00. The van der Waals surface area contributed by atoms with Gasteiger partial charge in [-0.25, -0.2) is 0 Å². The van der Waals surface area contributed by atoms with Crippen LogP contribution in [0, 0.1) is 5.41 Å². The van der Waals surface area contributed by atoms with Crippen molar-refractivity contribution in [1.82, 2.24) is 0 Å². The molecule has 1 N–H and O–H groups in total. The molecule has 0 bridgehead atoms. The van der Waals surface area contributed by atoms with Gasteiger partial charge in [0, 0.05) is 23.5 Å². The molecule has 0 aliphatic carbocycles. The van der Waals surface area contributed by atoms with Crippen LogP contribution in [0.2, 0.25) is 0 Å². The van der Waals surface area contributed by atoms with Gasteiger partial charge in [-0.1, -0.05) is 30.3 Å². The molecule has 0 heterocycles. The van der Waals surface area contributed by atoms with E-state index in [-0.39, 0.29) is 11.7 Å². The molecule has 0 atom stereocenters. The number of para-hydroxylation sites is 1. The lowest BCUT2D eigenvalue weighted by molar-refractivity contribution is -0.136. The topological polar surface area (TPSA) is 66.5 Å². The molecule has 0 saturated carbocycles. The minimum Gasteiger partial charge on any atom is -0.325 e. The van der Waals surface area contributed by atoms with Crippen molar-refractivity contribution in [1.29, 1.82) is 0 Å². The van der Waals surface area contributed by atoms with E-state index in [9.17, 15) is 14.4 Å². The highest BCUT2D eigenvalue weighted by Crippen LogP contribution is 2.26. The summed E-state index contributed by atoms with van der Waals surface area (Å²) >= 11 is 0. The number of benzene rings is 2. The molecular weight excluding hydrogens is 328 g/mol. The smallest absolute Gasteiger partial charge is 0.242 e. The van der Waals surface area contributed by atoms with Crippen LogP contribution in [0.3, 0.4) is 0 Å². The normalized spacial score (nSPS) is 10.9. The summed E-state index contributed by atoms with van der Waals surface area (Å²) in [5, 5.41) is 2.75. The fourth-order valence-electron chi connectivity index (χ4n) is 2.59. The maximum Gasteiger partial charge on any atom is 0.242 e. The highest BCUT2D eigenvalue weighted by Gasteiger charge is 2.39. The number of ketones is 1. The average molecular weight is 352 g/mol. The monoisotopic (exact) mass is 352 g/mol. The van der Waals surface area contributed by atoms with Crippen molar-refractivity contribution < 1.29 is 14.4 Å². The maximum atomic E-state index is 13.0. The lowest BCUT2D eigenvalue weighted by Gasteiger charge is -2.30. The van der Waals surface area contributed by atoms with Gasteiger partial charge in [-0.3, -0.25) is 14.4 Å². The molecule has 0 spiro atoms. The average Bonchev–Trinajstić information content (AvgIpc) is 2.63. The Kier molecular flexibility index (Phi) is 5.93. The first-order chi connectivity index (χ1) is 12.3. The summed E-state index contributed by atoms with van der Waals surface area (Å²) in [6.07, 6.45) is 0. The van der Waals surface area contributed by atoms with E-state index >= 15 is 0 Å². The van der Waals surface area contributed by atoms with Gasteiger partial charge >= 0.3 is 0 Å². The van der Waals surface area contributed by atoms with Gasteiger partial charge in [0.1, 0.15) is 5.41 Å². The Balaban J connectivity index is 2.22. The van der Waals surface area contributed by atoms with Gasteiger partial charge in [0.25, 0.3) is 0 Å². The zero-order valence-electron chi connectivity index (χ0n) is 15.6. The third-order valence-electron chi connectivity index (χ3n) is 4.26. The summed E-state index contributed by atoms with van der Waals surface area (Å²) in [5.41, 5.74) is 0.482. The van der Waals surface area contributed by atoms with Crippen LogP contribution in [0.1, 0.15) is 38.1 Å². The summed E-state index contributed by atoms with van der Waals surface area (Å²) in [4.78, 5) is 38.9. The van der Waals surface area contributed by atoms with Crippen LogP contribution in [0.25, 0.3) is 0 Å². The first-order valence-corrected chi connectivity index (χ1v) is 8.56. The maximum absolute atomic E-state index is 13.0. The van der Waals surface area contributed by atoms with Crippen molar-refractivity contribution in [2.45, 2.75) is 27.7 Å². The van der Waals surface area contributed by atoms with E-state index in [4.69, 9.17) is 0 Å². The van der Waals surface area contributed by atoms with Gasteiger partial charge in [-0.2, -0.15) is 0 Å². The van der Waals surface area contributed by atoms with E-state index < -0.39 is 11.3 Å². The minimum absolute atomic E-state index is 0.0855. The number of anilines is 2. The molecule has 5 nitrogen and oxygen atoms in total. The Morgan fingerprint density at radius 1 is 1.00 bits per heavy atom. The number of nitrogens with one attached hydrogen (secondary N) is 1. The molecule has 26 heavy (non-hydrogen) atoms. The van der Waals surface area contributed by atoms with E-state index in [1.165, 1.54) is 6.92 Å². The second-order valence-corrected chi connectivity index (χ2v) is 6.60. The van der Waals surface area contributed by atoms with E-state index in [1.54, 1.807) is 43.0 Å². The van der Waals surface area contributed by atoms with Crippen LogP contribution in [0.5, 0.6) is 0 Å². The molecule has 0 unspecified atom stereocenters. The van der Waals surface area contributed by atoms with Gasteiger partial charge in [0.15, 0.2) is 5.78 Å². The molecule has 5 heteroatoms. The molecule has 2 aromatic carbocycles. The molecule has 2 aromatic rings. The molecule has 2 amide bonds.